The van der Waals surface area contributed by atoms with E-state index in [4.69, 9.17) is 0 Å². The van der Waals surface area contributed by atoms with Crippen molar-refractivity contribution in [3.8, 4) is 0 Å². The van der Waals surface area contributed by atoms with E-state index in [1.807, 2.05) is 11.9 Å². The molecule has 130 valence electrons. The molecule has 0 N–H and O–H groups in total. The van der Waals surface area contributed by atoms with Gasteiger partial charge in [-0.05, 0) is 39.3 Å². The molecule has 1 unspecified atom stereocenters. The summed E-state index contributed by atoms with van der Waals surface area (Å²) >= 11 is 0. The van der Waals surface area contributed by atoms with Crippen LogP contribution in [0.25, 0.3) is 0 Å². The number of rotatable bonds is 11. The Hall–Kier alpha value is -0.570. The Kier molecular flexibility index (Phi) is 10.6. The van der Waals surface area contributed by atoms with Crippen molar-refractivity contribution < 1.29 is 4.79 Å². The summed E-state index contributed by atoms with van der Waals surface area (Å²) in [7, 11) is 1.93. The van der Waals surface area contributed by atoms with Crippen LogP contribution in [-0.4, -0.2) is 48.9 Å². The van der Waals surface area contributed by atoms with E-state index in [0.717, 1.165) is 19.5 Å². The molecule has 1 rings (SSSR count). The van der Waals surface area contributed by atoms with Crippen molar-refractivity contribution in [3.05, 3.63) is 0 Å². The summed E-state index contributed by atoms with van der Waals surface area (Å²) in [5.74, 6) is 0.593. The Morgan fingerprint density at radius 2 is 1.68 bits per heavy atom. The molecule has 1 amide bonds. The SMILES string of the molecule is CCCCCCCCCCN1CCCC(C(=O)N(C)CC)C1. The van der Waals surface area contributed by atoms with Gasteiger partial charge in [-0.2, -0.15) is 0 Å². The number of amides is 1. The van der Waals surface area contributed by atoms with Crippen molar-refractivity contribution >= 4 is 5.91 Å². The first-order chi connectivity index (χ1) is 10.7. The van der Waals surface area contributed by atoms with Gasteiger partial charge in [0.25, 0.3) is 0 Å². The van der Waals surface area contributed by atoms with Crippen LogP contribution in [0.2, 0.25) is 0 Å². The average Bonchev–Trinajstić information content (AvgIpc) is 2.56. The maximum Gasteiger partial charge on any atom is 0.226 e. The Morgan fingerprint density at radius 1 is 1.05 bits per heavy atom. The van der Waals surface area contributed by atoms with Crippen LogP contribution in [0.3, 0.4) is 0 Å². The second-order valence-corrected chi connectivity index (χ2v) is 6.97. The lowest BCUT2D eigenvalue weighted by molar-refractivity contribution is -0.135. The number of hydrogen-bond donors (Lipinski definition) is 0. The number of carbonyl (C=O) groups is 1. The molecule has 1 aliphatic heterocycles. The molecule has 0 aliphatic carbocycles. The second-order valence-electron chi connectivity index (χ2n) is 6.97. The molecule has 0 aromatic carbocycles. The molecule has 0 spiro atoms. The molecule has 0 radical (unpaired) electrons. The van der Waals surface area contributed by atoms with E-state index >= 15 is 0 Å². The van der Waals surface area contributed by atoms with Crippen molar-refractivity contribution in [2.75, 3.05) is 33.2 Å². The molecule has 0 bridgehead atoms. The van der Waals surface area contributed by atoms with Crippen LogP contribution >= 0.6 is 0 Å². The molecule has 3 heteroatoms. The van der Waals surface area contributed by atoms with Gasteiger partial charge in [-0.3, -0.25) is 4.79 Å². The van der Waals surface area contributed by atoms with Crippen LogP contribution in [0.1, 0.15) is 78.1 Å². The van der Waals surface area contributed by atoms with Crippen LogP contribution in [0.15, 0.2) is 0 Å². The first-order valence-corrected chi connectivity index (χ1v) is 9.66. The standard InChI is InChI=1S/C19H38N2O/c1-4-6-7-8-9-10-11-12-15-21-16-13-14-18(17-21)19(22)20(3)5-2/h18H,4-17H2,1-3H3. The zero-order valence-corrected chi connectivity index (χ0v) is 15.3. The van der Waals surface area contributed by atoms with Gasteiger partial charge in [0, 0.05) is 20.1 Å². The second kappa shape index (κ2) is 11.9. The monoisotopic (exact) mass is 310 g/mol. The molecule has 1 atom stereocenters. The number of carbonyl (C=O) groups excluding carboxylic acids is 1. The van der Waals surface area contributed by atoms with Crippen molar-refractivity contribution in [3.63, 3.8) is 0 Å². The van der Waals surface area contributed by atoms with Gasteiger partial charge in [0.05, 0.1) is 5.92 Å². The minimum Gasteiger partial charge on any atom is -0.346 e. The van der Waals surface area contributed by atoms with Gasteiger partial charge in [0.15, 0.2) is 0 Å². The predicted molar refractivity (Wildman–Crippen MR) is 95.1 cm³/mol. The van der Waals surface area contributed by atoms with Crippen LogP contribution < -0.4 is 0 Å². The average molecular weight is 311 g/mol. The highest BCUT2D eigenvalue weighted by Crippen LogP contribution is 2.19. The smallest absolute Gasteiger partial charge is 0.226 e. The number of hydrogen-bond acceptors (Lipinski definition) is 2. The third kappa shape index (κ3) is 7.62. The van der Waals surface area contributed by atoms with Gasteiger partial charge in [-0.25, -0.2) is 0 Å². The third-order valence-electron chi connectivity index (χ3n) is 5.03. The van der Waals surface area contributed by atoms with Gasteiger partial charge >= 0.3 is 0 Å². The van der Waals surface area contributed by atoms with E-state index in [0.29, 0.717) is 5.91 Å². The highest BCUT2D eigenvalue weighted by atomic mass is 16.2. The van der Waals surface area contributed by atoms with Crippen molar-refractivity contribution in [1.29, 1.82) is 0 Å². The zero-order chi connectivity index (χ0) is 16.2. The van der Waals surface area contributed by atoms with Crippen molar-refractivity contribution in [2.45, 2.75) is 78.1 Å². The van der Waals surface area contributed by atoms with Gasteiger partial charge in [-0.1, -0.05) is 51.9 Å². The Labute approximate surface area is 138 Å². The fraction of sp³-hybridized carbons (Fsp3) is 0.947. The molecule has 0 aromatic heterocycles. The summed E-state index contributed by atoms with van der Waals surface area (Å²) < 4.78 is 0. The quantitative estimate of drug-likeness (QED) is 0.531. The summed E-state index contributed by atoms with van der Waals surface area (Å²) in [6.07, 6.45) is 13.3. The molecule has 1 heterocycles. The number of unbranched alkanes of at least 4 members (excludes halogenated alkanes) is 7. The lowest BCUT2D eigenvalue weighted by Crippen LogP contribution is -2.43. The summed E-state index contributed by atoms with van der Waals surface area (Å²) in [6.45, 7) is 8.52. The zero-order valence-electron chi connectivity index (χ0n) is 15.3. The predicted octanol–water partition coefficient (Wildman–Crippen LogP) is 4.32. The van der Waals surface area contributed by atoms with E-state index in [1.165, 1.54) is 70.9 Å². The number of piperidine rings is 1. The van der Waals surface area contributed by atoms with Crippen LogP contribution in [0.5, 0.6) is 0 Å². The minimum atomic E-state index is 0.243. The molecular formula is C19H38N2O. The summed E-state index contributed by atoms with van der Waals surface area (Å²) in [4.78, 5) is 16.7. The lowest BCUT2D eigenvalue weighted by atomic mass is 9.96. The summed E-state index contributed by atoms with van der Waals surface area (Å²) in [5, 5.41) is 0. The molecular weight excluding hydrogens is 272 g/mol. The molecule has 1 aliphatic rings. The number of likely N-dealkylation sites (tertiary alicyclic amines) is 1. The summed E-state index contributed by atoms with van der Waals surface area (Å²) in [6, 6.07) is 0. The maximum absolute atomic E-state index is 12.3. The normalized spacial score (nSPS) is 19.3. The topological polar surface area (TPSA) is 23.6 Å². The van der Waals surface area contributed by atoms with E-state index in [-0.39, 0.29) is 5.92 Å². The van der Waals surface area contributed by atoms with Crippen LogP contribution in [0, 0.1) is 5.92 Å². The fourth-order valence-electron chi connectivity index (χ4n) is 3.40. The third-order valence-corrected chi connectivity index (χ3v) is 5.03. The molecule has 1 saturated heterocycles. The lowest BCUT2D eigenvalue weighted by Gasteiger charge is -2.33. The highest BCUT2D eigenvalue weighted by Gasteiger charge is 2.26. The number of nitrogens with zero attached hydrogens (tertiary/aromatic N) is 2. The first kappa shape index (κ1) is 19.5. The van der Waals surface area contributed by atoms with E-state index in [9.17, 15) is 4.79 Å². The van der Waals surface area contributed by atoms with Crippen LogP contribution in [0.4, 0.5) is 0 Å². The highest BCUT2D eigenvalue weighted by molar-refractivity contribution is 5.78. The van der Waals surface area contributed by atoms with Crippen molar-refractivity contribution in [1.82, 2.24) is 9.80 Å². The Bertz CT molecular complexity index is 293. The molecule has 0 saturated carbocycles. The molecule has 1 fully saturated rings. The Balaban J connectivity index is 2.09. The van der Waals surface area contributed by atoms with E-state index in [2.05, 4.69) is 18.7 Å². The first-order valence-electron chi connectivity index (χ1n) is 9.66. The Morgan fingerprint density at radius 3 is 2.32 bits per heavy atom. The van der Waals surface area contributed by atoms with Gasteiger partial charge in [0.2, 0.25) is 5.91 Å². The van der Waals surface area contributed by atoms with Crippen molar-refractivity contribution in [2.24, 2.45) is 5.92 Å². The fourth-order valence-corrected chi connectivity index (χ4v) is 3.40. The molecule has 0 aromatic rings. The molecule has 3 nitrogen and oxygen atoms in total. The molecule has 22 heavy (non-hydrogen) atoms. The minimum absolute atomic E-state index is 0.243. The van der Waals surface area contributed by atoms with Gasteiger partial charge < -0.3 is 9.80 Å². The van der Waals surface area contributed by atoms with E-state index in [1.54, 1.807) is 0 Å². The van der Waals surface area contributed by atoms with E-state index < -0.39 is 0 Å². The largest absolute Gasteiger partial charge is 0.346 e. The maximum atomic E-state index is 12.3. The van der Waals surface area contributed by atoms with Gasteiger partial charge in [0.1, 0.15) is 0 Å². The van der Waals surface area contributed by atoms with Crippen LogP contribution in [-0.2, 0) is 4.79 Å². The summed E-state index contributed by atoms with van der Waals surface area (Å²) in [5.41, 5.74) is 0. The van der Waals surface area contributed by atoms with Gasteiger partial charge in [-0.15, -0.1) is 0 Å².